The van der Waals surface area contributed by atoms with Gasteiger partial charge >= 0.3 is 5.97 Å². The van der Waals surface area contributed by atoms with Crippen molar-refractivity contribution in [1.82, 2.24) is 0 Å². The van der Waals surface area contributed by atoms with Crippen molar-refractivity contribution >= 4 is 17.7 Å². The Bertz CT molecular complexity index is 454. The first-order valence-electron chi connectivity index (χ1n) is 5.44. The van der Waals surface area contributed by atoms with Gasteiger partial charge in [-0.25, -0.2) is 0 Å². The molecule has 1 saturated carbocycles. The van der Waals surface area contributed by atoms with Gasteiger partial charge in [-0.15, -0.1) is 11.8 Å². The summed E-state index contributed by atoms with van der Waals surface area (Å²) < 4.78 is 4.74. The molecule has 0 amide bonds. The Kier molecular flexibility index (Phi) is 3.39. The molecule has 1 aromatic carbocycles. The number of benzene rings is 1. The maximum absolute atomic E-state index is 11.7. The highest BCUT2D eigenvalue weighted by Gasteiger charge is 2.55. The molecule has 0 aliphatic heterocycles. The molecule has 0 saturated heterocycles. The molecular formula is C13H13NO2S. The predicted molar refractivity (Wildman–Crippen MR) is 65.4 cm³/mol. The Morgan fingerprint density at radius 2 is 2.24 bits per heavy atom. The van der Waals surface area contributed by atoms with E-state index < -0.39 is 11.4 Å². The third kappa shape index (κ3) is 2.03. The Morgan fingerprint density at radius 1 is 1.53 bits per heavy atom. The molecule has 0 heterocycles. The van der Waals surface area contributed by atoms with Gasteiger partial charge in [-0.3, -0.25) is 4.79 Å². The van der Waals surface area contributed by atoms with Crippen LogP contribution < -0.4 is 0 Å². The summed E-state index contributed by atoms with van der Waals surface area (Å²) in [5, 5.41) is 9.22. The largest absolute Gasteiger partial charge is 0.468 e. The van der Waals surface area contributed by atoms with Gasteiger partial charge in [-0.05, 0) is 25.0 Å². The smallest absolute Gasteiger partial charge is 0.327 e. The zero-order valence-corrected chi connectivity index (χ0v) is 10.4. The van der Waals surface area contributed by atoms with Gasteiger partial charge in [0.05, 0.1) is 13.2 Å². The van der Waals surface area contributed by atoms with Gasteiger partial charge in [-0.1, -0.05) is 18.2 Å². The monoisotopic (exact) mass is 247 g/mol. The zero-order chi connectivity index (χ0) is 12.3. The fourth-order valence-electron chi connectivity index (χ4n) is 1.96. The van der Waals surface area contributed by atoms with Crippen LogP contribution in [0.4, 0.5) is 0 Å². The number of carbonyl (C=O) groups excluding carboxylic acids is 1. The minimum Gasteiger partial charge on any atom is -0.468 e. The van der Waals surface area contributed by atoms with E-state index in [1.54, 1.807) is 11.8 Å². The lowest BCUT2D eigenvalue weighted by atomic mass is 9.69. The third-order valence-electron chi connectivity index (χ3n) is 3.12. The fourth-order valence-corrected chi connectivity index (χ4v) is 3.31. The van der Waals surface area contributed by atoms with Crippen LogP contribution in [0.25, 0.3) is 0 Å². The number of esters is 1. The van der Waals surface area contributed by atoms with Crippen LogP contribution in [0.5, 0.6) is 0 Å². The standard InChI is InChI=1S/C13H13NO2S/c1-16-12(15)13(9-14)8-7-11(13)17-10-5-3-2-4-6-10/h2-6,11H,7-8H2,1H3/t11-,13-/m1/s1. The summed E-state index contributed by atoms with van der Waals surface area (Å²) in [4.78, 5) is 12.8. The van der Waals surface area contributed by atoms with E-state index in [0.717, 1.165) is 11.3 Å². The van der Waals surface area contributed by atoms with Crippen LogP contribution in [-0.2, 0) is 9.53 Å². The second-order valence-corrected chi connectivity index (χ2v) is 5.31. The van der Waals surface area contributed by atoms with E-state index in [1.807, 2.05) is 30.3 Å². The number of nitrogens with zero attached hydrogens (tertiary/aromatic N) is 1. The topological polar surface area (TPSA) is 50.1 Å². The van der Waals surface area contributed by atoms with Crippen molar-refractivity contribution in [2.45, 2.75) is 23.0 Å². The molecule has 17 heavy (non-hydrogen) atoms. The SMILES string of the molecule is COC(=O)[C@@]1(C#N)CC[C@H]1Sc1ccccc1. The minimum absolute atomic E-state index is 0.00218. The van der Waals surface area contributed by atoms with E-state index >= 15 is 0 Å². The molecule has 1 aliphatic carbocycles. The van der Waals surface area contributed by atoms with E-state index in [2.05, 4.69) is 6.07 Å². The van der Waals surface area contributed by atoms with Gasteiger partial charge in [0.1, 0.15) is 0 Å². The van der Waals surface area contributed by atoms with Crippen molar-refractivity contribution in [2.24, 2.45) is 5.41 Å². The van der Waals surface area contributed by atoms with Crippen LogP contribution in [0, 0.1) is 16.7 Å². The highest BCUT2D eigenvalue weighted by molar-refractivity contribution is 8.00. The lowest BCUT2D eigenvalue weighted by Crippen LogP contribution is -2.48. The molecule has 2 rings (SSSR count). The quantitative estimate of drug-likeness (QED) is 0.770. The number of hydrogen-bond donors (Lipinski definition) is 0. The van der Waals surface area contributed by atoms with Gasteiger partial charge in [0, 0.05) is 10.1 Å². The summed E-state index contributed by atoms with van der Waals surface area (Å²) in [6.45, 7) is 0. The average Bonchev–Trinajstić information content (AvgIpc) is 2.37. The fraction of sp³-hybridized carbons (Fsp3) is 0.385. The molecule has 1 aliphatic rings. The maximum atomic E-state index is 11.7. The van der Waals surface area contributed by atoms with Crippen molar-refractivity contribution < 1.29 is 9.53 Å². The highest BCUT2D eigenvalue weighted by atomic mass is 32.2. The number of hydrogen-bond acceptors (Lipinski definition) is 4. The average molecular weight is 247 g/mol. The maximum Gasteiger partial charge on any atom is 0.327 e. The summed E-state index contributed by atoms with van der Waals surface area (Å²) in [5.74, 6) is -0.403. The highest BCUT2D eigenvalue weighted by Crippen LogP contribution is 2.50. The first-order chi connectivity index (χ1) is 8.23. The van der Waals surface area contributed by atoms with E-state index in [-0.39, 0.29) is 5.25 Å². The Morgan fingerprint density at radius 3 is 2.71 bits per heavy atom. The molecule has 4 heteroatoms. The first-order valence-corrected chi connectivity index (χ1v) is 6.32. The molecule has 88 valence electrons. The van der Waals surface area contributed by atoms with Crippen molar-refractivity contribution in [3.63, 3.8) is 0 Å². The number of rotatable bonds is 3. The summed E-state index contributed by atoms with van der Waals surface area (Å²) in [6, 6.07) is 12.0. The summed E-state index contributed by atoms with van der Waals surface area (Å²) in [5.41, 5.74) is -0.949. The molecule has 3 nitrogen and oxygen atoms in total. The molecule has 0 bridgehead atoms. The molecule has 0 aromatic heterocycles. The van der Waals surface area contributed by atoms with E-state index in [9.17, 15) is 10.1 Å². The second-order valence-electron chi connectivity index (χ2n) is 4.03. The molecule has 0 radical (unpaired) electrons. The lowest BCUT2D eigenvalue weighted by Gasteiger charge is -2.40. The minimum atomic E-state index is -0.949. The van der Waals surface area contributed by atoms with Crippen molar-refractivity contribution in [3.05, 3.63) is 30.3 Å². The number of nitriles is 1. The summed E-state index contributed by atoms with van der Waals surface area (Å²) >= 11 is 1.58. The van der Waals surface area contributed by atoms with E-state index in [0.29, 0.717) is 6.42 Å². The second kappa shape index (κ2) is 4.80. The van der Waals surface area contributed by atoms with Crippen molar-refractivity contribution in [1.29, 1.82) is 5.26 Å². The lowest BCUT2D eigenvalue weighted by molar-refractivity contribution is -0.152. The number of carbonyl (C=O) groups is 1. The predicted octanol–water partition coefficient (Wildman–Crippen LogP) is 2.62. The van der Waals surface area contributed by atoms with Crippen LogP contribution in [0.2, 0.25) is 0 Å². The number of ether oxygens (including phenoxy) is 1. The van der Waals surface area contributed by atoms with Gasteiger partial charge in [0.25, 0.3) is 0 Å². The zero-order valence-electron chi connectivity index (χ0n) is 9.55. The molecule has 1 aromatic rings. The summed E-state index contributed by atoms with van der Waals surface area (Å²) in [6.07, 6.45) is 1.48. The number of methoxy groups -OCH3 is 1. The molecule has 0 N–H and O–H groups in total. The van der Waals surface area contributed by atoms with Gasteiger partial charge in [0.15, 0.2) is 5.41 Å². The third-order valence-corrected chi connectivity index (χ3v) is 4.59. The Labute approximate surface area is 105 Å². The van der Waals surface area contributed by atoms with Crippen LogP contribution in [0.15, 0.2) is 35.2 Å². The summed E-state index contributed by atoms with van der Waals surface area (Å²) in [7, 11) is 1.34. The normalized spacial score (nSPS) is 26.7. The Hall–Kier alpha value is -1.47. The first kappa shape index (κ1) is 12.0. The molecule has 1 fully saturated rings. The van der Waals surface area contributed by atoms with Crippen LogP contribution in [-0.4, -0.2) is 18.3 Å². The van der Waals surface area contributed by atoms with Crippen LogP contribution in [0.3, 0.4) is 0 Å². The molecule has 0 spiro atoms. The van der Waals surface area contributed by atoms with Crippen molar-refractivity contribution in [2.75, 3.05) is 7.11 Å². The van der Waals surface area contributed by atoms with Crippen LogP contribution >= 0.6 is 11.8 Å². The molecule has 0 unspecified atom stereocenters. The van der Waals surface area contributed by atoms with Crippen LogP contribution in [0.1, 0.15) is 12.8 Å². The van der Waals surface area contributed by atoms with Gasteiger partial charge < -0.3 is 4.74 Å². The van der Waals surface area contributed by atoms with Crippen molar-refractivity contribution in [3.8, 4) is 6.07 Å². The molecular weight excluding hydrogens is 234 g/mol. The Balaban J connectivity index is 2.13. The van der Waals surface area contributed by atoms with Gasteiger partial charge in [-0.2, -0.15) is 5.26 Å². The molecule has 2 atom stereocenters. The van der Waals surface area contributed by atoms with E-state index in [4.69, 9.17) is 4.74 Å². The van der Waals surface area contributed by atoms with E-state index in [1.165, 1.54) is 7.11 Å². The van der Waals surface area contributed by atoms with Gasteiger partial charge in [0.2, 0.25) is 0 Å². The number of thioether (sulfide) groups is 1.